The fourth-order valence-corrected chi connectivity index (χ4v) is 5.33. The van der Waals surface area contributed by atoms with Crippen molar-refractivity contribution in [1.82, 2.24) is 15.0 Å². The third-order valence-electron chi connectivity index (χ3n) is 7.45. The second-order valence-corrected chi connectivity index (χ2v) is 9.99. The summed E-state index contributed by atoms with van der Waals surface area (Å²) in [6, 6.07) is 20.0. The minimum atomic E-state index is -1.19. The molecule has 2 saturated heterocycles. The Morgan fingerprint density at radius 3 is 2.47 bits per heavy atom. The molecule has 2 aliphatic rings. The van der Waals surface area contributed by atoms with E-state index in [1.165, 1.54) is 5.56 Å². The topological polar surface area (TPSA) is 92.5 Å². The fraction of sp³-hybridized carbons (Fsp3) is 0.464. The number of piperidine rings is 1. The normalized spacial score (nSPS) is 22.3. The summed E-state index contributed by atoms with van der Waals surface area (Å²) >= 11 is 0. The summed E-state index contributed by atoms with van der Waals surface area (Å²) in [5.41, 5.74) is 2.09. The molecule has 2 N–H and O–H groups in total. The Kier molecular flexibility index (Phi) is 7.63. The third-order valence-corrected chi connectivity index (χ3v) is 7.45. The van der Waals surface area contributed by atoms with Crippen LogP contribution >= 0.6 is 0 Å². The van der Waals surface area contributed by atoms with E-state index < -0.39 is 18.1 Å². The number of aromatic nitrogens is 3. The first-order valence-electron chi connectivity index (χ1n) is 13.0. The zero-order valence-corrected chi connectivity index (χ0v) is 20.7. The van der Waals surface area contributed by atoms with Gasteiger partial charge in [-0.3, -0.25) is 4.79 Å². The van der Waals surface area contributed by atoms with E-state index in [1.807, 2.05) is 29.1 Å². The highest BCUT2D eigenvalue weighted by molar-refractivity contribution is 5.94. The summed E-state index contributed by atoms with van der Waals surface area (Å²) < 4.78 is 7.98. The van der Waals surface area contributed by atoms with Crippen LogP contribution in [0.3, 0.4) is 0 Å². The number of para-hydroxylation sites is 1. The van der Waals surface area contributed by atoms with Gasteiger partial charge in [0.2, 0.25) is 0 Å². The molecular formula is C28H35N5O3. The monoisotopic (exact) mass is 489 g/mol. The molecule has 5 rings (SSSR count). The Balaban J connectivity index is 1.09. The minimum absolute atomic E-state index is 0.0292. The molecule has 1 amide bonds. The van der Waals surface area contributed by atoms with Crippen molar-refractivity contribution in [1.29, 1.82) is 0 Å². The SMILES string of the molecule is C[C@H](C[C@H]1CC[C@@H]([C@H](O)C(=O)Nc2ccccc2)O1)n1cc(N2CCC(c3ccccc3)CC2)nn1. The summed E-state index contributed by atoms with van der Waals surface area (Å²) in [7, 11) is 0. The molecule has 0 spiro atoms. The lowest BCUT2D eigenvalue weighted by Crippen LogP contribution is -2.38. The molecule has 2 fully saturated rings. The number of benzene rings is 2. The first kappa shape index (κ1) is 24.5. The van der Waals surface area contributed by atoms with Crippen molar-refractivity contribution in [3.63, 3.8) is 0 Å². The predicted molar refractivity (Wildman–Crippen MR) is 139 cm³/mol. The Labute approximate surface area is 212 Å². The van der Waals surface area contributed by atoms with E-state index in [0.29, 0.717) is 18.0 Å². The van der Waals surface area contributed by atoms with Crippen LogP contribution in [0.4, 0.5) is 11.5 Å². The van der Waals surface area contributed by atoms with Crippen LogP contribution in [-0.2, 0) is 9.53 Å². The lowest BCUT2D eigenvalue weighted by molar-refractivity contribution is -0.132. The first-order valence-corrected chi connectivity index (χ1v) is 13.0. The predicted octanol–water partition coefficient (Wildman–Crippen LogP) is 4.16. The number of aliphatic hydroxyl groups is 1. The van der Waals surface area contributed by atoms with Crippen molar-refractivity contribution in [2.45, 2.75) is 69.3 Å². The molecular weight excluding hydrogens is 454 g/mol. The molecule has 2 aliphatic heterocycles. The highest BCUT2D eigenvalue weighted by Gasteiger charge is 2.35. The van der Waals surface area contributed by atoms with Gasteiger partial charge in [0.15, 0.2) is 11.9 Å². The number of hydrogen-bond acceptors (Lipinski definition) is 6. The lowest BCUT2D eigenvalue weighted by Gasteiger charge is -2.32. The summed E-state index contributed by atoms with van der Waals surface area (Å²) in [6.45, 7) is 4.06. The molecule has 0 bridgehead atoms. The highest BCUT2D eigenvalue weighted by Crippen LogP contribution is 2.31. The molecule has 0 unspecified atom stereocenters. The highest BCUT2D eigenvalue weighted by atomic mass is 16.5. The molecule has 4 atom stereocenters. The number of carbonyl (C=O) groups is 1. The van der Waals surface area contributed by atoms with Crippen molar-refractivity contribution in [3.05, 3.63) is 72.4 Å². The van der Waals surface area contributed by atoms with Crippen molar-refractivity contribution in [2.75, 3.05) is 23.3 Å². The second-order valence-electron chi connectivity index (χ2n) is 9.99. The van der Waals surface area contributed by atoms with Crippen molar-refractivity contribution >= 4 is 17.4 Å². The van der Waals surface area contributed by atoms with E-state index in [0.717, 1.165) is 44.6 Å². The zero-order chi connectivity index (χ0) is 24.9. The van der Waals surface area contributed by atoms with Crippen LogP contribution in [0.5, 0.6) is 0 Å². The molecule has 0 radical (unpaired) electrons. The van der Waals surface area contributed by atoms with Gasteiger partial charge >= 0.3 is 0 Å². The number of carbonyl (C=O) groups excluding carboxylic acids is 1. The Morgan fingerprint density at radius 1 is 1.06 bits per heavy atom. The maximum Gasteiger partial charge on any atom is 0.255 e. The van der Waals surface area contributed by atoms with Crippen LogP contribution in [0.2, 0.25) is 0 Å². The molecule has 1 aromatic heterocycles. The lowest BCUT2D eigenvalue weighted by atomic mass is 9.89. The summed E-state index contributed by atoms with van der Waals surface area (Å²) in [5, 5.41) is 22.1. The smallest absolute Gasteiger partial charge is 0.255 e. The zero-order valence-electron chi connectivity index (χ0n) is 20.7. The van der Waals surface area contributed by atoms with Crippen LogP contribution in [0, 0.1) is 0 Å². The average molecular weight is 490 g/mol. The van der Waals surface area contributed by atoms with E-state index in [1.54, 1.807) is 12.1 Å². The second kappa shape index (κ2) is 11.2. The van der Waals surface area contributed by atoms with Gasteiger partial charge in [0.25, 0.3) is 5.91 Å². The van der Waals surface area contributed by atoms with Crippen LogP contribution < -0.4 is 10.2 Å². The Bertz CT molecular complexity index is 1110. The van der Waals surface area contributed by atoms with Crippen molar-refractivity contribution in [3.8, 4) is 0 Å². The van der Waals surface area contributed by atoms with Gasteiger partial charge in [-0.1, -0.05) is 53.7 Å². The molecule has 3 aromatic rings. The number of nitrogens with one attached hydrogen (secondary N) is 1. The number of hydrogen-bond donors (Lipinski definition) is 2. The molecule has 8 heteroatoms. The maximum atomic E-state index is 12.4. The van der Waals surface area contributed by atoms with Gasteiger partial charge in [0.1, 0.15) is 0 Å². The number of amides is 1. The van der Waals surface area contributed by atoms with Gasteiger partial charge in [-0.25, -0.2) is 4.68 Å². The van der Waals surface area contributed by atoms with E-state index in [4.69, 9.17) is 4.74 Å². The maximum absolute atomic E-state index is 12.4. The summed E-state index contributed by atoms with van der Waals surface area (Å²) in [6.07, 6.45) is 4.75. The number of ether oxygens (including phenoxy) is 1. The van der Waals surface area contributed by atoms with Gasteiger partial charge < -0.3 is 20.1 Å². The summed E-state index contributed by atoms with van der Waals surface area (Å²) in [4.78, 5) is 14.8. The average Bonchev–Trinajstić information content (AvgIpc) is 3.60. The molecule has 2 aromatic carbocycles. The molecule has 0 saturated carbocycles. The van der Waals surface area contributed by atoms with Crippen LogP contribution in [0.15, 0.2) is 66.9 Å². The number of nitrogens with zero attached hydrogens (tertiary/aromatic N) is 4. The van der Waals surface area contributed by atoms with E-state index >= 15 is 0 Å². The van der Waals surface area contributed by atoms with Gasteiger partial charge in [-0.2, -0.15) is 0 Å². The Morgan fingerprint density at radius 2 is 1.75 bits per heavy atom. The molecule has 8 nitrogen and oxygen atoms in total. The number of aliphatic hydroxyl groups excluding tert-OH is 1. The van der Waals surface area contributed by atoms with Crippen molar-refractivity contribution in [2.24, 2.45) is 0 Å². The summed E-state index contributed by atoms with van der Waals surface area (Å²) in [5.74, 6) is 1.09. The van der Waals surface area contributed by atoms with E-state index in [2.05, 4.69) is 57.8 Å². The van der Waals surface area contributed by atoms with Crippen LogP contribution in [0.1, 0.15) is 56.6 Å². The van der Waals surface area contributed by atoms with E-state index in [9.17, 15) is 9.90 Å². The van der Waals surface area contributed by atoms with E-state index in [-0.39, 0.29) is 12.1 Å². The van der Waals surface area contributed by atoms with Gasteiger partial charge in [-0.05, 0) is 62.6 Å². The van der Waals surface area contributed by atoms with Gasteiger partial charge in [0.05, 0.1) is 24.4 Å². The standard InChI is InChI=1S/C28H35N5O3/c1-20(18-24-12-13-25(36-24)27(34)28(35)29-23-10-6-3-7-11-23)33-19-26(30-31-33)32-16-14-22(15-17-32)21-8-4-2-5-9-21/h2-11,19-20,22,24-25,27,34H,12-18H2,1H3,(H,29,35)/t20-,24-,25+,27+/m1/s1. The fourth-order valence-electron chi connectivity index (χ4n) is 5.33. The quantitative estimate of drug-likeness (QED) is 0.494. The molecule has 3 heterocycles. The Hall–Kier alpha value is -3.23. The largest absolute Gasteiger partial charge is 0.381 e. The molecule has 36 heavy (non-hydrogen) atoms. The van der Waals surface area contributed by atoms with Crippen LogP contribution in [0.25, 0.3) is 0 Å². The van der Waals surface area contributed by atoms with Crippen LogP contribution in [-0.4, -0.2) is 57.4 Å². The van der Waals surface area contributed by atoms with Gasteiger partial charge in [-0.15, -0.1) is 5.10 Å². The molecule has 190 valence electrons. The number of rotatable bonds is 8. The number of anilines is 2. The third kappa shape index (κ3) is 5.77. The minimum Gasteiger partial charge on any atom is -0.381 e. The first-order chi connectivity index (χ1) is 17.6. The van der Waals surface area contributed by atoms with Crippen molar-refractivity contribution < 1.29 is 14.6 Å². The molecule has 0 aliphatic carbocycles. The van der Waals surface area contributed by atoms with Gasteiger partial charge in [0, 0.05) is 18.8 Å².